The molecule has 2 rings (SSSR count). The molecule has 0 atom stereocenters. The molecule has 0 aliphatic rings. The quantitative estimate of drug-likeness (QED) is 0.674. The van der Waals surface area contributed by atoms with Crippen LogP contribution in [0.3, 0.4) is 0 Å². The number of hydrogen-bond donors (Lipinski definition) is 1. The van der Waals surface area contributed by atoms with Gasteiger partial charge in [-0.1, -0.05) is 18.2 Å². The van der Waals surface area contributed by atoms with E-state index in [0.717, 1.165) is 5.69 Å². The van der Waals surface area contributed by atoms with Gasteiger partial charge in [-0.3, -0.25) is 4.52 Å². The summed E-state index contributed by atoms with van der Waals surface area (Å²) < 4.78 is 4.86. The van der Waals surface area contributed by atoms with E-state index in [9.17, 15) is 0 Å². The van der Waals surface area contributed by atoms with E-state index in [2.05, 4.69) is 15.7 Å². The summed E-state index contributed by atoms with van der Waals surface area (Å²) in [7, 11) is 1.73. The molecule has 1 aromatic carbocycles. The average Bonchev–Trinajstić information content (AvgIpc) is 2.67. The Kier molecular flexibility index (Phi) is 1.91. The maximum Gasteiger partial charge on any atom is 0.389 e. The van der Waals surface area contributed by atoms with Gasteiger partial charge >= 0.3 is 6.01 Å². The lowest BCUT2D eigenvalue weighted by Gasteiger charge is -1.81. The molecule has 0 bridgehead atoms. The summed E-state index contributed by atoms with van der Waals surface area (Å²) in [6, 6.07) is 9.95. The number of rotatable bonds is 2. The first-order valence-electron chi connectivity index (χ1n) is 3.89. The van der Waals surface area contributed by atoms with Crippen LogP contribution < -0.4 is 10.1 Å². The largest absolute Gasteiger partial charge is 0.389 e. The highest BCUT2D eigenvalue weighted by Gasteiger charge is 2.14. The third kappa shape index (κ3) is 1.48. The molecule has 0 radical (unpaired) electrons. The fraction of sp³-hybridized carbons (Fsp3) is 0.125. The van der Waals surface area contributed by atoms with Gasteiger partial charge in [0, 0.05) is 19.2 Å². The Hall–Kier alpha value is -1.91. The van der Waals surface area contributed by atoms with Crippen LogP contribution in [0.5, 0.6) is 0 Å². The Morgan fingerprint density at radius 3 is 2.69 bits per heavy atom. The van der Waals surface area contributed by atoms with Crippen LogP contribution in [0.15, 0.2) is 34.9 Å². The number of anilines is 1. The van der Waals surface area contributed by atoms with Gasteiger partial charge in [0.05, 0.1) is 5.10 Å². The zero-order valence-corrected chi connectivity index (χ0v) is 7.14. The van der Waals surface area contributed by atoms with Crippen LogP contribution in [0.2, 0.25) is 0 Å². The number of benzene rings is 1. The van der Waals surface area contributed by atoms with Gasteiger partial charge in [-0.25, -0.2) is 0 Å². The van der Waals surface area contributed by atoms with Crippen LogP contribution in [-0.4, -0.2) is 17.4 Å². The van der Waals surface area contributed by atoms with Crippen molar-refractivity contribution in [3.05, 3.63) is 30.3 Å². The van der Waals surface area contributed by atoms with E-state index in [1.54, 1.807) is 7.05 Å². The summed E-state index contributed by atoms with van der Waals surface area (Å²) in [6.07, 6.45) is 0. The molecule has 0 saturated carbocycles. The van der Waals surface area contributed by atoms with Crippen LogP contribution in [0.25, 0.3) is 5.69 Å². The van der Waals surface area contributed by atoms with Gasteiger partial charge in [-0.2, -0.15) is 0 Å². The zero-order chi connectivity index (χ0) is 9.10. The normalized spacial score (nSPS) is 9.92. The Labute approximate surface area is 75.0 Å². The molecule has 0 saturated heterocycles. The minimum atomic E-state index is 0.392. The first kappa shape index (κ1) is 7.72. The lowest BCUT2D eigenvalue weighted by atomic mass is 10.3. The highest BCUT2D eigenvalue weighted by Crippen LogP contribution is 1.98. The molecule has 5 heteroatoms. The standard InChI is InChI=1S/C8H9N4O/c1-9-8-10-12(11-13-8)7-5-3-2-4-6-7/h2-6H,1H3,(H,9,10,11)/q+1. The second-order valence-corrected chi connectivity index (χ2v) is 2.45. The second-order valence-electron chi connectivity index (χ2n) is 2.45. The van der Waals surface area contributed by atoms with Gasteiger partial charge in [0.2, 0.25) is 5.27 Å². The van der Waals surface area contributed by atoms with Gasteiger partial charge in [-0.05, 0) is 0 Å². The van der Waals surface area contributed by atoms with E-state index >= 15 is 0 Å². The minimum absolute atomic E-state index is 0.392. The van der Waals surface area contributed by atoms with E-state index in [1.807, 2.05) is 30.3 Å². The van der Waals surface area contributed by atoms with E-state index in [-0.39, 0.29) is 0 Å². The molecule has 0 aliphatic carbocycles. The van der Waals surface area contributed by atoms with E-state index in [0.29, 0.717) is 6.01 Å². The van der Waals surface area contributed by atoms with Gasteiger partial charge in [-0.15, -0.1) is 0 Å². The summed E-state index contributed by atoms with van der Waals surface area (Å²) in [6.45, 7) is 0. The molecular weight excluding hydrogens is 168 g/mol. The third-order valence-electron chi connectivity index (χ3n) is 1.59. The molecular formula is C8H9N4O+. The molecule has 0 spiro atoms. The fourth-order valence-corrected chi connectivity index (χ4v) is 0.962. The number of aromatic nitrogens is 3. The van der Waals surface area contributed by atoms with E-state index in [4.69, 9.17) is 4.52 Å². The number of nitrogens with zero attached hydrogens (tertiary/aromatic N) is 3. The number of hydrogen-bond acceptors (Lipinski definition) is 4. The van der Waals surface area contributed by atoms with Crippen molar-refractivity contribution in [2.45, 2.75) is 0 Å². The monoisotopic (exact) mass is 177 g/mol. The first-order chi connectivity index (χ1) is 6.40. The predicted octanol–water partition coefficient (Wildman–Crippen LogP) is 0.388. The van der Waals surface area contributed by atoms with Crippen LogP contribution in [0.4, 0.5) is 6.01 Å². The topological polar surface area (TPSA) is 54.8 Å². The Morgan fingerprint density at radius 2 is 2.08 bits per heavy atom. The first-order valence-corrected chi connectivity index (χ1v) is 3.89. The lowest BCUT2D eigenvalue weighted by molar-refractivity contribution is -0.724. The molecule has 0 aliphatic heterocycles. The molecule has 66 valence electrons. The SMILES string of the molecule is CNc1n[n+](-c2ccccc2)no1. The molecule has 13 heavy (non-hydrogen) atoms. The summed E-state index contributed by atoms with van der Waals surface area (Å²) in [5.41, 5.74) is 0.868. The van der Waals surface area contributed by atoms with Crippen molar-refractivity contribution in [3.8, 4) is 5.69 Å². The molecule has 1 heterocycles. The molecule has 1 N–H and O–H groups in total. The van der Waals surface area contributed by atoms with Crippen LogP contribution in [-0.2, 0) is 0 Å². The van der Waals surface area contributed by atoms with Gasteiger partial charge in [0.15, 0.2) is 0 Å². The van der Waals surface area contributed by atoms with Crippen LogP contribution in [0, 0.1) is 0 Å². The van der Waals surface area contributed by atoms with Crippen molar-refractivity contribution < 1.29 is 9.32 Å². The maximum atomic E-state index is 4.86. The number of nitrogens with one attached hydrogen (secondary N) is 1. The van der Waals surface area contributed by atoms with Gasteiger partial charge in [0.25, 0.3) is 5.69 Å². The van der Waals surface area contributed by atoms with E-state index < -0.39 is 0 Å². The Morgan fingerprint density at radius 1 is 1.31 bits per heavy atom. The highest BCUT2D eigenvalue weighted by molar-refractivity contribution is 5.20. The van der Waals surface area contributed by atoms with Crippen LogP contribution >= 0.6 is 0 Å². The van der Waals surface area contributed by atoms with Crippen molar-refractivity contribution in [2.75, 3.05) is 12.4 Å². The van der Waals surface area contributed by atoms with Gasteiger partial charge < -0.3 is 5.32 Å². The summed E-state index contributed by atoms with van der Waals surface area (Å²) in [5.74, 6) is 0. The molecule has 0 fully saturated rings. The molecule has 0 amide bonds. The zero-order valence-electron chi connectivity index (χ0n) is 7.14. The van der Waals surface area contributed by atoms with Crippen molar-refractivity contribution in [3.63, 3.8) is 0 Å². The average molecular weight is 177 g/mol. The van der Waals surface area contributed by atoms with Crippen molar-refractivity contribution in [1.82, 2.24) is 10.4 Å². The van der Waals surface area contributed by atoms with Crippen molar-refractivity contribution >= 4 is 6.01 Å². The Balaban J connectivity index is 2.36. The molecule has 5 nitrogen and oxygen atoms in total. The lowest BCUT2D eigenvalue weighted by Crippen LogP contribution is -2.35. The number of para-hydroxylation sites is 1. The summed E-state index contributed by atoms with van der Waals surface area (Å²) >= 11 is 0. The Bertz CT molecular complexity index is 384. The predicted molar refractivity (Wildman–Crippen MR) is 45.4 cm³/mol. The smallest absolute Gasteiger partial charge is 0.336 e. The maximum absolute atomic E-state index is 4.86. The van der Waals surface area contributed by atoms with Crippen molar-refractivity contribution in [2.24, 2.45) is 0 Å². The van der Waals surface area contributed by atoms with Crippen LogP contribution in [0.1, 0.15) is 0 Å². The second kappa shape index (κ2) is 3.22. The molecule has 1 aromatic heterocycles. The molecule has 2 aromatic rings. The summed E-state index contributed by atoms with van der Waals surface area (Å²) in [4.78, 5) is 1.42. The third-order valence-corrected chi connectivity index (χ3v) is 1.59. The van der Waals surface area contributed by atoms with Crippen molar-refractivity contribution in [1.29, 1.82) is 0 Å². The summed E-state index contributed by atoms with van der Waals surface area (Å²) in [5, 5.41) is 10.5. The minimum Gasteiger partial charge on any atom is -0.336 e. The fourth-order valence-electron chi connectivity index (χ4n) is 0.962. The highest BCUT2D eigenvalue weighted by atomic mass is 16.5. The molecule has 0 unspecified atom stereocenters. The van der Waals surface area contributed by atoms with E-state index in [1.165, 1.54) is 4.80 Å². The van der Waals surface area contributed by atoms with Gasteiger partial charge in [0.1, 0.15) is 4.80 Å².